The van der Waals surface area contributed by atoms with E-state index in [0.29, 0.717) is 5.92 Å². The minimum absolute atomic E-state index is 0.0604. The van der Waals surface area contributed by atoms with Gasteiger partial charge in [0.2, 0.25) is 0 Å². The van der Waals surface area contributed by atoms with E-state index in [-0.39, 0.29) is 12.6 Å². The second-order valence-corrected chi connectivity index (χ2v) is 4.58. The quantitative estimate of drug-likeness (QED) is 0.839. The van der Waals surface area contributed by atoms with Crippen LogP contribution in [0.4, 0.5) is 5.69 Å². The number of hydrogen-bond acceptors (Lipinski definition) is 4. The Labute approximate surface area is 108 Å². The summed E-state index contributed by atoms with van der Waals surface area (Å²) in [7, 11) is 1.66. The summed E-state index contributed by atoms with van der Waals surface area (Å²) >= 11 is 0. The lowest BCUT2D eigenvalue weighted by molar-refractivity contribution is 0.0533. The number of aliphatic hydroxyl groups is 1. The first-order valence-electron chi connectivity index (χ1n) is 6.43. The zero-order valence-electron chi connectivity index (χ0n) is 10.8. The normalized spacial score (nSPS) is 18.3. The Hall–Kier alpha value is -1.26. The predicted octanol–water partition coefficient (Wildman–Crippen LogP) is 1.89. The molecule has 100 valence electrons. The highest BCUT2D eigenvalue weighted by Crippen LogP contribution is 2.27. The van der Waals surface area contributed by atoms with Gasteiger partial charge in [-0.1, -0.05) is 12.1 Å². The van der Waals surface area contributed by atoms with E-state index in [1.165, 1.54) is 0 Å². The van der Waals surface area contributed by atoms with Gasteiger partial charge in [0.1, 0.15) is 5.75 Å². The van der Waals surface area contributed by atoms with Gasteiger partial charge in [-0.3, -0.25) is 0 Å². The maximum atomic E-state index is 9.56. The summed E-state index contributed by atoms with van der Waals surface area (Å²) in [6.45, 7) is 1.70. The second kappa shape index (κ2) is 6.61. The van der Waals surface area contributed by atoms with Crippen LogP contribution in [0, 0.1) is 5.92 Å². The van der Waals surface area contributed by atoms with Crippen LogP contribution in [0.15, 0.2) is 24.3 Å². The highest BCUT2D eigenvalue weighted by molar-refractivity contribution is 5.56. The van der Waals surface area contributed by atoms with Gasteiger partial charge in [0.25, 0.3) is 0 Å². The van der Waals surface area contributed by atoms with Gasteiger partial charge in [0, 0.05) is 13.2 Å². The zero-order chi connectivity index (χ0) is 12.8. The molecule has 2 N–H and O–H groups in total. The monoisotopic (exact) mass is 251 g/mol. The number of ether oxygens (including phenoxy) is 2. The Balaban J connectivity index is 2.04. The molecule has 1 saturated heterocycles. The summed E-state index contributed by atoms with van der Waals surface area (Å²) in [5.41, 5.74) is 0.936. The number of para-hydroxylation sites is 2. The van der Waals surface area contributed by atoms with E-state index in [1.54, 1.807) is 7.11 Å². The topological polar surface area (TPSA) is 50.7 Å². The molecular formula is C14H21NO3. The number of methoxy groups -OCH3 is 1. The first-order valence-corrected chi connectivity index (χ1v) is 6.43. The molecule has 1 fully saturated rings. The van der Waals surface area contributed by atoms with E-state index in [1.807, 2.05) is 24.3 Å². The largest absolute Gasteiger partial charge is 0.495 e. The molecule has 0 amide bonds. The van der Waals surface area contributed by atoms with E-state index in [9.17, 15) is 5.11 Å². The lowest BCUT2D eigenvalue weighted by Crippen LogP contribution is -2.36. The molecule has 0 saturated carbocycles. The van der Waals surface area contributed by atoms with E-state index in [2.05, 4.69) is 5.32 Å². The predicted molar refractivity (Wildman–Crippen MR) is 71.0 cm³/mol. The average molecular weight is 251 g/mol. The molecule has 1 aliphatic rings. The molecular weight excluding hydrogens is 230 g/mol. The van der Waals surface area contributed by atoms with Crippen molar-refractivity contribution in [1.29, 1.82) is 0 Å². The second-order valence-electron chi connectivity index (χ2n) is 4.58. The van der Waals surface area contributed by atoms with Gasteiger partial charge < -0.3 is 19.9 Å². The van der Waals surface area contributed by atoms with Crippen LogP contribution in [0.2, 0.25) is 0 Å². The van der Waals surface area contributed by atoms with Crippen LogP contribution in [0.1, 0.15) is 12.8 Å². The molecule has 1 unspecified atom stereocenters. The smallest absolute Gasteiger partial charge is 0.141 e. The Kier molecular flexibility index (Phi) is 4.84. The maximum Gasteiger partial charge on any atom is 0.141 e. The molecule has 0 aliphatic carbocycles. The van der Waals surface area contributed by atoms with Crippen molar-refractivity contribution in [2.24, 2.45) is 5.92 Å². The molecule has 1 aromatic rings. The third kappa shape index (κ3) is 3.15. The maximum absolute atomic E-state index is 9.56. The summed E-state index contributed by atoms with van der Waals surface area (Å²) in [5.74, 6) is 1.26. The summed E-state index contributed by atoms with van der Waals surface area (Å²) in [6.07, 6.45) is 1.99. The highest BCUT2D eigenvalue weighted by atomic mass is 16.5. The van der Waals surface area contributed by atoms with Crippen LogP contribution in [-0.2, 0) is 4.74 Å². The SMILES string of the molecule is COc1ccccc1NC(CO)C1CCOCC1. The van der Waals surface area contributed by atoms with Gasteiger partial charge in [0.05, 0.1) is 25.4 Å². The first kappa shape index (κ1) is 13.2. The summed E-state index contributed by atoms with van der Waals surface area (Å²) < 4.78 is 10.7. The molecule has 1 aromatic carbocycles. The fourth-order valence-corrected chi connectivity index (χ4v) is 2.39. The Morgan fingerprint density at radius 1 is 1.39 bits per heavy atom. The van der Waals surface area contributed by atoms with Gasteiger partial charge in [-0.05, 0) is 30.9 Å². The fraction of sp³-hybridized carbons (Fsp3) is 0.571. The van der Waals surface area contributed by atoms with Crippen molar-refractivity contribution < 1.29 is 14.6 Å². The molecule has 4 heteroatoms. The van der Waals surface area contributed by atoms with Gasteiger partial charge in [-0.15, -0.1) is 0 Å². The van der Waals surface area contributed by atoms with Crippen molar-refractivity contribution in [1.82, 2.24) is 0 Å². The molecule has 4 nitrogen and oxygen atoms in total. The van der Waals surface area contributed by atoms with Crippen molar-refractivity contribution in [2.45, 2.75) is 18.9 Å². The molecule has 0 radical (unpaired) electrons. The Bertz CT molecular complexity index is 364. The van der Waals surface area contributed by atoms with Crippen LogP contribution in [0.3, 0.4) is 0 Å². The third-order valence-corrected chi connectivity index (χ3v) is 3.48. The Morgan fingerprint density at radius 2 is 2.11 bits per heavy atom. The summed E-state index contributed by atoms with van der Waals surface area (Å²) in [5, 5.41) is 12.9. The molecule has 0 bridgehead atoms. The first-order chi connectivity index (χ1) is 8.85. The standard InChI is InChI=1S/C14H21NO3/c1-17-14-5-3-2-4-12(14)15-13(10-16)11-6-8-18-9-7-11/h2-5,11,13,15-16H,6-10H2,1H3. The number of aliphatic hydroxyl groups excluding tert-OH is 1. The van der Waals surface area contributed by atoms with Gasteiger partial charge in [-0.25, -0.2) is 0 Å². The molecule has 1 heterocycles. The average Bonchev–Trinajstić information content (AvgIpc) is 2.46. The van der Waals surface area contributed by atoms with E-state index < -0.39 is 0 Å². The van der Waals surface area contributed by atoms with Crippen molar-refractivity contribution >= 4 is 5.69 Å². The van der Waals surface area contributed by atoms with Gasteiger partial charge in [0.15, 0.2) is 0 Å². The van der Waals surface area contributed by atoms with Crippen molar-refractivity contribution in [3.8, 4) is 5.75 Å². The molecule has 0 aromatic heterocycles. The summed E-state index contributed by atoms with van der Waals surface area (Å²) in [4.78, 5) is 0. The molecule has 1 atom stereocenters. The van der Waals surface area contributed by atoms with Crippen molar-refractivity contribution in [2.75, 3.05) is 32.2 Å². The molecule has 18 heavy (non-hydrogen) atoms. The highest BCUT2D eigenvalue weighted by Gasteiger charge is 2.24. The minimum atomic E-state index is 0.0604. The minimum Gasteiger partial charge on any atom is -0.495 e. The van der Waals surface area contributed by atoms with Gasteiger partial charge >= 0.3 is 0 Å². The number of benzene rings is 1. The van der Waals surface area contributed by atoms with Gasteiger partial charge in [-0.2, -0.15) is 0 Å². The fourth-order valence-electron chi connectivity index (χ4n) is 2.39. The lowest BCUT2D eigenvalue weighted by atomic mass is 9.92. The van der Waals surface area contributed by atoms with Crippen LogP contribution in [0.25, 0.3) is 0 Å². The number of hydrogen-bond donors (Lipinski definition) is 2. The summed E-state index contributed by atoms with van der Waals surface area (Å²) in [6, 6.07) is 7.85. The van der Waals surface area contributed by atoms with E-state index in [0.717, 1.165) is 37.5 Å². The van der Waals surface area contributed by atoms with E-state index >= 15 is 0 Å². The van der Waals surface area contributed by atoms with E-state index in [4.69, 9.17) is 9.47 Å². The van der Waals surface area contributed by atoms with Crippen LogP contribution < -0.4 is 10.1 Å². The molecule has 0 spiro atoms. The third-order valence-electron chi connectivity index (χ3n) is 3.48. The van der Waals surface area contributed by atoms with Crippen LogP contribution >= 0.6 is 0 Å². The van der Waals surface area contributed by atoms with Crippen LogP contribution in [0.5, 0.6) is 5.75 Å². The van der Waals surface area contributed by atoms with Crippen molar-refractivity contribution in [3.63, 3.8) is 0 Å². The molecule has 2 rings (SSSR count). The number of nitrogens with one attached hydrogen (secondary N) is 1. The van der Waals surface area contributed by atoms with Crippen molar-refractivity contribution in [3.05, 3.63) is 24.3 Å². The molecule has 1 aliphatic heterocycles. The Morgan fingerprint density at radius 3 is 2.78 bits per heavy atom. The van der Waals surface area contributed by atoms with Crippen LogP contribution in [-0.4, -0.2) is 38.1 Å². The zero-order valence-corrected chi connectivity index (χ0v) is 10.8. The number of rotatable bonds is 5. The lowest BCUT2D eigenvalue weighted by Gasteiger charge is -2.30. The number of anilines is 1.